The molecule has 1 aliphatic carbocycles. The molecule has 1 fully saturated rings. The van der Waals surface area contributed by atoms with Gasteiger partial charge >= 0.3 is 0 Å². The normalized spacial score (nSPS) is 20.8. The standard InChI is InChI=1S/C23H27FN2/c1-2-3-18-4-10-21(11-5-18)22-12-6-19(7-13-22)16-25-26-17-20-8-14-23(24)15-9-20/h6-9,12-18,21H,2-5,10-11H2,1H3/t18-,21-. The van der Waals surface area contributed by atoms with Crippen molar-refractivity contribution in [2.75, 3.05) is 0 Å². The second-order valence-electron chi connectivity index (χ2n) is 7.21. The Bertz CT molecular complexity index is 724. The van der Waals surface area contributed by atoms with Crippen LogP contribution in [0.1, 0.15) is 68.1 Å². The molecule has 0 bridgehead atoms. The van der Waals surface area contributed by atoms with Crippen molar-refractivity contribution in [3.05, 3.63) is 71.0 Å². The molecule has 26 heavy (non-hydrogen) atoms. The lowest BCUT2D eigenvalue weighted by Gasteiger charge is -2.28. The van der Waals surface area contributed by atoms with Gasteiger partial charge in [-0.2, -0.15) is 10.2 Å². The Morgan fingerprint density at radius 2 is 1.38 bits per heavy atom. The van der Waals surface area contributed by atoms with Crippen LogP contribution < -0.4 is 0 Å². The Morgan fingerprint density at radius 3 is 1.92 bits per heavy atom. The number of hydrogen-bond acceptors (Lipinski definition) is 2. The highest BCUT2D eigenvalue weighted by molar-refractivity contribution is 5.82. The van der Waals surface area contributed by atoms with E-state index in [2.05, 4.69) is 41.4 Å². The Labute approximate surface area is 155 Å². The van der Waals surface area contributed by atoms with E-state index in [-0.39, 0.29) is 5.82 Å². The van der Waals surface area contributed by atoms with Gasteiger partial charge in [-0.05, 0) is 66.3 Å². The van der Waals surface area contributed by atoms with E-state index in [1.165, 1.54) is 56.2 Å². The van der Waals surface area contributed by atoms with Gasteiger partial charge in [0.05, 0.1) is 12.4 Å². The van der Waals surface area contributed by atoms with E-state index in [1.807, 2.05) is 0 Å². The molecule has 0 amide bonds. The lowest BCUT2D eigenvalue weighted by Crippen LogP contribution is -2.13. The van der Waals surface area contributed by atoms with Gasteiger partial charge in [0.1, 0.15) is 5.82 Å². The molecule has 136 valence electrons. The summed E-state index contributed by atoms with van der Waals surface area (Å²) in [7, 11) is 0. The van der Waals surface area contributed by atoms with Crippen molar-refractivity contribution in [1.82, 2.24) is 0 Å². The molecule has 0 heterocycles. The third-order valence-corrected chi connectivity index (χ3v) is 5.30. The quantitative estimate of drug-likeness (QED) is 0.428. The zero-order chi connectivity index (χ0) is 18.2. The van der Waals surface area contributed by atoms with Crippen molar-refractivity contribution in [1.29, 1.82) is 0 Å². The topological polar surface area (TPSA) is 24.7 Å². The van der Waals surface area contributed by atoms with Gasteiger partial charge in [0.2, 0.25) is 0 Å². The predicted molar refractivity (Wildman–Crippen MR) is 108 cm³/mol. The molecule has 2 aromatic carbocycles. The number of benzene rings is 2. The maximum Gasteiger partial charge on any atom is 0.123 e. The molecule has 0 spiro atoms. The first-order valence-electron chi connectivity index (χ1n) is 9.66. The SMILES string of the molecule is CCC[C@H]1CC[C@H](c2ccc(C=NN=Cc3ccc(F)cc3)cc2)CC1. The van der Waals surface area contributed by atoms with Crippen LogP contribution in [0.3, 0.4) is 0 Å². The van der Waals surface area contributed by atoms with Crippen LogP contribution in [0.5, 0.6) is 0 Å². The van der Waals surface area contributed by atoms with Crippen LogP contribution in [0.15, 0.2) is 58.7 Å². The highest BCUT2D eigenvalue weighted by Gasteiger charge is 2.21. The van der Waals surface area contributed by atoms with Crippen molar-refractivity contribution in [3.63, 3.8) is 0 Å². The first kappa shape index (κ1) is 18.5. The van der Waals surface area contributed by atoms with E-state index in [0.717, 1.165) is 17.0 Å². The highest BCUT2D eigenvalue weighted by atomic mass is 19.1. The van der Waals surface area contributed by atoms with Gasteiger partial charge in [-0.15, -0.1) is 0 Å². The summed E-state index contributed by atoms with van der Waals surface area (Å²) in [5.74, 6) is 1.41. The number of halogens is 1. The van der Waals surface area contributed by atoms with E-state index < -0.39 is 0 Å². The molecular weight excluding hydrogens is 323 g/mol. The molecule has 3 heteroatoms. The average Bonchev–Trinajstić information content (AvgIpc) is 2.68. The Kier molecular flexibility index (Phi) is 6.70. The van der Waals surface area contributed by atoms with Crippen LogP contribution >= 0.6 is 0 Å². The summed E-state index contributed by atoms with van der Waals surface area (Å²) in [4.78, 5) is 0. The molecular formula is C23H27FN2. The fraction of sp³-hybridized carbons (Fsp3) is 0.391. The predicted octanol–water partition coefficient (Wildman–Crippen LogP) is 6.35. The minimum absolute atomic E-state index is 0.246. The smallest absolute Gasteiger partial charge is 0.123 e. The van der Waals surface area contributed by atoms with Crippen LogP contribution in [0, 0.1) is 11.7 Å². The maximum atomic E-state index is 12.8. The summed E-state index contributed by atoms with van der Waals surface area (Å²) in [6.07, 6.45) is 11.5. The molecule has 0 saturated heterocycles. The monoisotopic (exact) mass is 350 g/mol. The van der Waals surface area contributed by atoms with Gasteiger partial charge in [-0.25, -0.2) is 4.39 Å². The Balaban J connectivity index is 1.52. The lowest BCUT2D eigenvalue weighted by atomic mass is 9.77. The fourth-order valence-electron chi connectivity index (χ4n) is 3.80. The van der Waals surface area contributed by atoms with Crippen LogP contribution in [-0.4, -0.2) is 12.4 Å². The minimum atomic E-state index is -0.246. The zero-order valence-corrected chi connectivity index (χ0v) is 15.4. The summed E-state index contributed by atoms with van der Waals surface area (Å²) in [5, 5.41) is 8.11. The Hall–Kier alpha value is -2.29. The van der Waals surface area contributed by atoms with E-state index in [0.29, 0.717) is 5.92 Å². The third-order valence-electron chi connectivity index (χ3n) is 5.30. The van der Waals surface area contributed by atoms with Crippen LogP contribution in [0.2, 0.25) is 0 Å². The molecule has 1 saturated carbocycles. The molecule has 0 aromatic heterocycles. The van der Waals surface area contributed by atoms with Gasteiger partial charge in [-0.3, -0.25) is 0 Å². The summed E-state index contributed by atoms with van der Waals surface area (Å²) >= 11 is 0. The third kappa shape index (κ3) is 5.35. The van der Waals surface area contributed by atoms with Gasteiger partial charge in [-0.1, -0.05) is 56.2 Å². The van der Waals surface area contributed by atoms with Gasteiger partial charge in [0.25, 0.3) is 0 Å². The molecule has 3 rings (SSSR count). The largest absolute Gasteiger partial charge is 0.207 e. The Morgan fingerprint density at radius 1 is 0.846 bits per heavy atom. The molecule has 1 aliphatic rings. The number of nitrogens with zero attached hydrogens (tertiary/aromatic N) is 2. The van der Waals surface area contributed by atoms with E-state index in [1.54, 1.807) is 24.6 Å². The van der Waals surface area contributed by atoms with E-state index in [9.17, 15) is 4.39 Å². The summed E-state index contributed by atoms with van der Waals surface area (Å²) in [6, 6.07) is 14.9. The van der Waals surface area contributed by atoms with Crippen LogP contribution in [0.4, 0.5) is 4.39 Å². The van der Waals surface area contributed by atoms with E-state index in [4.69, 9.17) is 0 Å². The molecule has 2 nitrogen and oxygen atoms in total. The van der Waals surface area contributed by atoms with Crippen molar-refractivity contribution in [2.24, 2.45) is 16.1 Å². The average molecular weight is 350 g/mol. The molecule has 0 N–H and O–H groups in total. The van der Waals surface area contributed by atoms with Crippen LogP contribution in [0.25, 0.3) is 0 Å². The molecule has 0 unspecified atom stereocenters. The fourth-order valence-corrected chi connectivity index (χ4v) is 3.80. The summed E-state index contributed by atoms with van der Waals surface area (Å²) < 4.78 is 12.8. The van der Waals surface area contributed by atoms with Crippen LogP contribution in [-0.2, 0) is 0 Å². The number of hydrogen-bond donors (Lipinski definition) is 0. The molecule has 0 atom stereocenters. The molecule has 2 aromatic rings. The van der Waals surface area contributed by atoms with E-state index >= 15 is 0 Å². The molecule has 0 aliphatic heterocycles. The lowest BCUT2D eigenvalue weighted by molar-refractivity contribution is 0.308. The maximum absolute atomic E-state index is 12.8. The van der Waals surface area contributed by atoms with Crippen molar-refractivity contribution in [3.8, 4) is 0 Å². The first-order chi connectivity index (χ1) is 12.7. The van der Waals surface area contributed by atoms with Crippen molar-refractivity contribution >= 4 is 12.4 Å². The van der Waals surface area contributed by atoms with Crippen molar-refractivity contribution < 1.29 is 4.39 Å². The summed E-state index contributed by atoms with van der Waals surface area (Å²) in [5.41, 5.74) is 3.33. The number of rotatable bonds is 6. The second-order valence-corrected chi connectivity index (χ2v) is 7.21. The van der Waals surface area contributed by atoms with Gasteiger partial charge in [0.15, 0.2) is 0 Å². The minimum Gasteiger partial charge on any atom is -0.207 e. The van der Waals surface area contributed by atoms with Gasteiger partial charge in [0, 0.05) is 0 Å². The zero-order valence-electron chi connectivity index (χ0n) is 15.4. The highest BCUT2D eigenvalue weighted by Crippen LogP contribution is 2.37. The van der Waals surface area contributed by atoms with Gasteiger partial charge < -0.3 is 0 Å². The second kappa shape index (κ2) is 9.42. The van der Waals surface area contributed by atoms with Crippen molar-refractivity contribution in [2.45, 2.75) is 51.4 Å². The summed E-state index contributed by atoms with van der Waals surface area (Å²) in [6.45, 7) is 2.29. The first-order valence-corrected chi connectivity index (χ1v) is 9.66. The molecule has 0 radical (unpaired) electrons.